The average molecular weight is 501 g/mol. The van der Waals surface area contributed by atoms with Crippen LogP contribution in [0.4, 0.5) is 11.5 Å². The molecule has 0 radical (unpaired) electrons. The van der Waals surface area contributed by atoms with E-state index in [4.69, 9.17) is 26.1 Å². The lowest BCUT2D eigenvalue weighted by atomic mass is 9.93. The summed E-state index contributed by atoms with van der Waals surface area (Å²) in [6.45, 7) is 2.70. The van der Waals surface area contributed by atoms with Gasteiger partial charge in [-0.1, -0.05) is 17.7 Å². The van der Waals surface area contributed by atoms with Crippen LogP contribution >= 0.6 is 11.6 Å². The number of hydrogen-bond donors (Lipinski definition) is 2. The number of halogens is 1. The summed E-state index contributed by atoms with van der Waals surface area (Å²) in [5.74, 6) is 2.67. The normalized spacial score (nSPS) is 16.5. The molecule has 2 N–H and O–H groups in total. The third-order valence-corrected chi connectivity index (χ3v) is 6.80. The number of nitrogens with zero attached hydrogens (tertiary/aromatic N) is 4. The number of pyridine rings is 1. The monoisotopic (exact) mass is 500 g/mol. The van der Waals surface area contributed by atoms with Gasteiger partial charge in [0.25, 0.3) is 0 Å². The van der Waals surface area contributed by atoms with Crippen molar-refractivity contribution in [2.24, 2.45) is 4.99 Å². The molecule has 0 amide bonds. The molecule has 0 aliphatic carbocycles. The first kappa shape index (κ1) is 22.7. The summed E-state index contributed by atoms with van der Waals surface area (Å²) in [4.78, 5) is 17.7. The molecule has 2 aliphatic heterocycles. The number of aliphatic imine (C=N–C) groups is 1. The standard InChI is InChI=1S/C27H25ClN6O2/c28-22-14-19(4-6-24(22)35-20-2-1-9-30-15-20)34-26-21-12-18(3-5-23(21)32-17-33-26)13-25-31-16-27(36-25)7-10-29-11-8-27/h1-6,9,12,14-15,17,29H,7-8,10-11,13,16H2,(H,32,33,34). The third-order valence-electron chi connectivity index (χ3n) is 6.50. The molecule has 2 aliphatic rings. The largest absolute Gasteiger partial charge is 0.472 e. The quantitative estimate of drug-likeness (QED) is 0.370. The third kappa shape index (κ3) is 4.82. The highest BCUT2D eigenvalue weighted by atomic mass is 35.5. The molecule has 0 unspecified atom stereocenters. The first-order chi connectivity index (χ1) is 17.7. The zero-order valence-electron chi connectivity index (χ0n) is 19.6. The van der Waals surface area contributed by atoms with Crippen LogP contribution in [-0.2, 0) is 11.2 Å². The molecule has 9 heteroatoms. The lowest BCUT2D eigenvalue weighted by molar-refractivity contribution is 0.0519. The van der Waals surface area contributed by atoms with E-state index >= 15 is 0 Å². The van der Waals surface area contributed by atoms with Crippen LogP contribution in [0.3, 0.4) is 0 Å². The van der Waals surface area contributed by atoms with Crippen LogP contribution < -0.4 is 15.4 Å². The van der Waals surface area contributed by atoms with Gasteiger partial charge in [0.05, 0.1) is 23.3 Å². The maximum Gasteiger partial charge on any atom is 0.188 e. The Morgan fingerprint density at radius 3 is 2.83 bits per heavy atom. The Labute approximate surface area is 213 Å². The fourth-order valence-electron chi connectivity index (χ4n) is 4.60. The van der Waals surface area contributed by atoms with Crippen molar-refractivity contribution < 1.29 is 9.47 Å². The Bertz CT molecular complexity index is 1420. The highest BCUT2D eigenvalue weighted by molar-refractivity contribution is 6.32. The topological polar surface area (TPSA) is 93.6 Å². The van der Waals surface area contributed by atoms with Crippen molar-refractivity contribution >= 4 is 39.9 Å². The second kappa shape index (κ2) is 9.72. The van der Waals surface area contributed by atoms with E-state index in [0.717, 1.165) is 60.5 Å². The van der Waals surface area contributed by atoms with Crippen molar-refractivity contribution in [3.63, 3.8) is 0 Å². The summed E-state index contributed by atoms with van der Waals surface area (Å²) in [7, 11) is 0. The van der Waals surface area contributed by atoms with Crippen LogP contribution in [0.15, 0.2) is 72.2 Å². The van der Waals surface area contributed by atoms with Gasteiger partial charge in [0, 0.05) is 36.5 Å². The van der Waals surface area contributed by atoms with Gasteiger partial charge in [-0.25, -0.2) is 9.97 Å². The minimum absolute atomic E-state index is 0.126. The summed E-state index contributed by atoms with van der Waals surface area (Å²) in [6.07, 6.45) is 7.52. The van der Waals surface area contributed by atoms with Crippen LogP contribution in [0.5, 0.6) is 11.5 Å². The number of aromatic nitrogens is 3. The van der Waals surface area contributed by atoms with Crippen molar-refractivity contribution in [1.82, 2.24) is 20.3 Å². The molecule has 36 heavy (non-hydrogen) atoms. The number of rotatable bonds is 6. The van der Waals surface area contributed by atoms with Gasteiger partial charge in [-0.05, 0) is 61.1 Å². The van der Waals surface area contributed by atoms with Crippen LogP contribution in [0.1, 0.15) is 18.4 Å². The Morgan fingerprint density at radius 1 is 1.08 bits per heavy atom. The molecule has 1 saturated heterocycles. The second-order valence-corrected chi connectivity index (χ2v) is 9.46. The summed E-state index contributed by atoms with van der Waals surface area (Å²) < 4.78 is 12.2. The van der Waals surface area contributed by atoms with E-state index in [1.807, 2.05) is 36.4 Å². The first-order valence-corrected chi connectivity index (χ1v) is 12.3. The minimum atomic E-state index is -0.126. The van der Waals surface area contributed by atoms with E-state index in [0.29, 0.717) is 28.8 Å². The highest BCUT2D eigenvalue weighted by Crippen LogP contribution is 2.34. The SMILES string of the molecule is Clc1cc(Nc2ncnc3ccc(CC4=NCC5(CCNCC5)O4)cc23)ccc1Oc1cccnc1. The average Bonchev–Trinajstić information content (AvgIpc) is 3.28. The molecule has 8 nitrogen and oxygen atoms in total. The van der Waals surface area contributed by atoms with Gasteiger partial charge >= 0.3 is 0 Å². The van der Waals surface area contributed by atoms with Crippen molar-refractivity contribution in [1.29, 1.82) is 0 Å². The molecule has 2 aromatic heterocycles. The van der Waals surface area contributed by atoms with Gasteiger partial charge < -0.3 is 20.1 Å². The van der Waals surface area contributed by atoms with E-state index in [-0.39, 0.29) is 5.60 Å². The maximum absolute atomic E-state index is 6.50. The Kier molecular flexibility index (Phi) is 6.13. The minimum Gasteiger partial charge on any atom is -0.472 e. The van der Waals surface area contributed by atoms with Gasteiger partial charge in [-0.2, -0.15) is 0 Å². The van der Waals surface area contributed by atoms with Gasteiger partial charge in [-0.3, -0.25) is 9.98 Å². The van der Waals surface area contributed by atoms with E-state index in [9.17, 15) is 0 Å². The van der Waals surface area contributed by atoms with Gasteiger partial charge in [0.1, 0.15) is 29.2 Å². The van der Waals surface area contributed by atoms with Crippen molar-refractivity contribution in [2.75, 3.05) is 25.0 Å². The Balaban J connectivity index is 1.20. The fraction of sp³-hybridized carbons (Fsp3) is 0.259. The van der Waals surface area contributed by atoms with E-state index < -0.39 is 0 Å². The maximum atomic E-state index is 6.50. The molecule has 0 atom stereocenters. The predicted octanol–water partition coefficient (Wildman–Crippen LogP) is 5.31. The van der Waals surface area contributed by atoms with Gasteiger partial charge in [-0.15, -0.1) is 0 Å². The Morgan fingerprint density at radius 2 is 2.00 bits per heavy atom. The number of benzene rings is 2. The lowest BCUT2D eigenvalue weighted by Gasteiger charge is -2.32. The number of fused-ring (bicyclic) bond motifs is 1. The van der Waals surface area contributed by atoms with Crippen molar-refractivity contribution in [3.8, 4) is 11.5 Å². The number of piperidine rings is 1. The molecule has 1 fully saturated rings. The summed E-state index contributed by atoms with van der Waals surface area (Å²) in [5, 5.41) is 8.16. The van der Waals surface area contributed by atoms with E-state index in [2.05, 4.69) is 37.7 Å². The fourth-order valence-corrected chi connectivity index (χ4v) is 4.82. The predicted molar refractivity (Wildman–Crippen MR) is 141 cm³/mol. The van der Waals surface area contributed by atoms with E-state index in [1.165, 1.54) is 0 Å². The van der Waals surface area contributed by atoms with Gasteiger partial charge in [0.2, 0.25) is 0 Å². The van der Waals surface area contributed by atoms with Crippen LogP contribution in [-0.4, -0.2) is 46.1 Å². The molecule has 0 saturated carbocycles. The molecule has 4 aromatic rings. The number of nitrogens with one attached hydrogen (secondary N) is 2. The summed E-state index contributed by atoms with van der Waals surface area (Å²) >= 11 is 6.50. The van der Waals surface area contributed by atoms with Crippen LogP contribution in [0.25, 0.3) is 10.9 Å². The van der Waals surface area contributed by atoms with Crippen LogP contribution in [0.2, 0.25) is 5.02 Å². The molecule has 182 valence electrons. The van der Waals surface area contributed by atoms with Crippen LogP contribution in [0, 0.1) is 0 Å². The zero-order valence-corrected chi connectivity index (χ0v) is 20.3. The number of anilines is 2. The highest BCUT2D eigenvalue weighted by Gasteiger charge is 2.38. The molecule has 2 aromatic carbocycles. The molecule has 0 bridgehead atoms. The summed E-state index contributed by atoms with van der Waals surface area (Å²) in [5.41, 5.74) is 2.62. The van der Waals surface area contributed by atoms with Crippen molar-refractivity contribution in [3.05, 3.63) is 77.8 Å². The number of hydrogen-bond acceptors (Lipinski definition) is 8. The summed E-state index contributed by atoms with van der Waals surface area (Å²) in [6, 6.07) is 15.3. The smallest absolute Gasteiger partial charge is 0.188 e. The molecule has 6 rings (SSSR count). The molecular weight excluding hydrogens is 476 g/mol. The first-order valence-electron chi connectivity index (χ1n) is 12.0. The molecule has 4 heterocycles. The second-order valence-electron chi connectivity index (χ2n) is 9.06. The number of ether oxygens (including phenoxy) is 2. The lowest BCUT2D eigenvalue weighted by Crippen LogP contribution is -2.44. The van der Waals surface area contributed by atoms with E-state index in [1.54, 1.807) is 18.7 Å². The Hall–Kier alpha value is -3.75. The van der Waals surface area contributed by atoms with Crippen molar-refractivity contribution in [2.45, 2.75) is 24.9 Å². The van der Waals surface area contributed by atoms with Gasteiger partial charge in [0.15, 0.2) is 5.90 Å². The zero-order chi connectivity index (χ0) is 24.4. The molecular formula is C27H25ClN6O2. The molecule has 1 spiro atoms.